The largest absolute Gasteiger partial charge is 0.506 e. The zero-order valence-electron chi connectivity index (χ0n) is 13.0. The van der Waals surface area contributed by atoms with Crippen LogP contribution in [0.4, 0.5) is 0 Å². The second-order valence-corrected chi connectivity index (χ2v) is 5.89. The van der Waals surface area contributed by atoms with Gasteiger partial charge in [-0.15, -0.1) is 0 Å². The maximum absolute atomic E-state index is 9.44. The normalized spacial score (nSPS) is 15.6. The van der Waals surface area contributed by atoms with E-state index in [-0.39, 0.29) is 27.7 Å². The average molecular weight is 338 g/mol. The summed E-state index contributed by atoms with van der Waals surface area (Å²) in [5.41, 5.74) is 0.315. The van der Waals surface area contributed by atoms with Gasteiger partial charge in [0.2, 0.25) is 0 Å². The van der Waals surface area contributed by atoms with Crippen LogP contribution in [0.2, 0.25) is 5.02 Å². The minimum Gasteiger partial charge on any atom is -0.506 e. The summed E-state index contributed by atoms with van der Waals surface area (Å²) in [7, 11) is 0. The highest BCUT2D eigenvalue weighted by molar-refractivity contribution is 6.32. The van der Waals surface area contributed by atoms with Crippen LogP contribution in [-0.2, 0) is 4.74 Å². The molecule has 2 rings (SSSR count). The fourth-order valence-corrected chi connectivity index (χ4v) is 2.48. The Hall–Kier alpha value is -3.20. The van der Waals surface area contributed by atoms with E-state index in [2.05, 4.69) is 0 Å². The first-order valence-corrected chi connectivity index (χ1v) is 7.27. The Morgan fingerprint density at radius 2 is 1.88 bits per heavy atom. The van der Waals surface area contributed by atoms with Crippen LogP contribution in [-0.4, -0.2) is 10.7 Å². The molecule has 0 amide bonds. The molecule has 1 aromatic carbocycles. The first-order chi connectivity index (χ1) is 11.3. The molecule has 1 aromatic rings. The number of hydrogen-bond acceptors (Lipinski definition) is 5. The van der Waals surface area contributed by atoms with Gasteiger partial charge in [0.1, 0.15) is 35.1 Å². The summed E-state index contributed by atoms with van der Waals surface area (Å²) in [5, 5.41) is 37.1. The molecule has 0 saturated heterocycles. The predicted molar refractivity (Wildman–Crippen MR) is 88.2 cm³/mol. The fourth-order valence-electron chi connectivity index (χ4n) is 2.29. The number of hydrogen-bond donors (Lipinski definition) is 1. The van der Waals surface area contributed by atoms with Crippen molar-refractivity contribution in [3.05, 3.63) is 57.3 Å². The van der Waals surface area contributed by atoms with E-state index >= 15 is 0 Å². The van der Waals surface area contributed by atoms with E-state index in [4.69, 9.17) is 26.9 Å². The maximum atomic E-state index is 9.44. The summed E-state index contributed by atoms with van der Waals surface area (Å²) in [6, 6.07) is 10.2. The third kappa shape index (κ3) is 3.10. The van der Waals surface area contributed by atoms with Crippen LogP contribution < -0.4 is 0 Å². The lowest BCUT2D eigenvalue weighted by atomic mass is 9.94. The van der Waals surface area contributed by atoms with Gasteiger partial charge in [0.25, 0.3) is 0 Å². The average Bonchev–Trinajstić information content (AvgIpc) is 2.80. The fraction of sp³-hybridized carbons (Fsp3) is 0.167. The number of ether oxygens (including phenoxy) is 1. The third-order valence-corrected chi connectivity index (χ3v) is 3.78. The van der Waals surface area contributed by atoms with Crippen LogP contribution in [0.5, 0.6) is 5.75 Å². The van der Waals surface area contributed by atoms with Crippen LogP contribution in [0.15, 0.2) is 46.8 Å². The van der Waals surface area contributed by atoms with E-state index in [1.807, 2.05) is 6.07 Å². The Kier molecular flexibility index (Phi) is 4.65. The van der Waals surface area contributed by atoms with Gasteiger partial charge >= 0.3 is 0 Å². The van der Waals surface area contributed by atoms with Gasteiger partial charge in [-0.3, -0.25) is 0 Å². The SMILES string of the molecule is CC1(C)OC(=C(C#N)C#N)C(C#N)=C1C=Cc1ccc(O)c(Cl)c1. The molecule has 0 unspecified atom stereocenters. The minimum absolute atomic E-state index is 0.00381. The summed E-state index contributed by atoms with van der Waals surface area (Å²) in [6.07, 6.45) is 3.39. The quantitative estimate of drug-likeness (QED) is 0.822. The van der Waals surface area contributed by atoms with Crippen molar-refractivity contribution in [3.63, 3.8) is 0 Å². The van der Waals surface area contributed by atoms with Crippen molar-refractivity contribution < 1.29 is 9.84 Å². The summed E-state index contributed by atoms with van der Waals surface area (Å²) in [6.45, 7) is 3.49. The van der Waals surface area contributed by atoms with Crippen molar-refractivity contribution in [2.75, 3.05) is 0 Å². The lowest BCUT2D eigenvalue weighted by Gasteiger charge is -2.20. The Morgan fingerprint density at radius 1 is 1.21 bits per heavy atom. The highest BCUT2D eigenvalue weighted by Crippen LogP contribution is 2.40. The molecular formula is C18H12ClN3O2. The van der Waals surface area contributed by atoms with Crippen LogP contribution in [0, 0.1) is 34.0 Å². The van der Waals surface area contributed by atoms with Gasteiger partial charge in [0.05, 0.1) is 5.02 Å². The Morgan fingerprint density at radius 3 is 2.42 bits per heavy atom. The summed E-state index contributed by atoms with van der Waals surface area (Å²) in [5.74, 6) is -0.0240. The van der Waals surface area contributed by atoms with Crippen LogP contribution >= 0.6 is 11.6 Å². The standard InChI is InChI=1S/C18H12ClN3O2/c1-18(2)14(5-3-11-4-6-16(23)15(19)7-11)13(10-22)17(24-18)12(8-20)9-21/h3-7,23H,1-2H3. The third-order valence-electron chi connectivity index (χ3n) is 3.48. The number of allylic oxidation sites excluding steroid dienone is 2. The molecule has 24 heavy (non-hydrogen) atoms. The molecule has 0 radical (unpaired) electrons. The highest BCUT2D eigenvalue weighted by Gasteiger charge is 2.38. The Labute approximate surface area is 144 Å². The molecule has 118 valence electrons. The van der Waals surface area contributed by atoms with E-state index in [1.54, 1.807) is 50.3 Å². The van der Waals surface area contributed by atoms with Crippen molar-refractivity contribution >= 4 is 17.7 Å². The summed E-state index contributed by atoms with van der Waals surface area (Å²) in [4.78, 5) is 0. The zero-order valence-corrected chi connectivity index (χ0v) is 13.7. The lowest BCUT2D eigenvalue weighted by molar-refractivity contribution is 0.0954. The van der Waals surface area contributed by atoms with E-state index < -0.39 is 5.60 Å². The van der Waals surface area contributed by atoms with Crippen molar-refractivity contribution in [1.29, 1.82) is 15.8 Å². The number of halogens is 1. The van der Waals surface area contributed by atoms with E-state index in [1.165, 1.54) is 6.07 Å². The molecule has 0 bridgehead atoms. The molecular weight excluding hydrogens is 326 g/mol. The van der Waals surface area contributed by atoms with Crippen molar-refractivity contribution in [1.82, 2.24) is 0 Å². The number of nitriles is 3. The van der Waals surface area contributed by atoms with Gasteiger partial charge in [0.15, 0.2) is 11.3 Å². The molecule has 1 N–H and O–H groups in total. The van der Waals surface area contributed by atoms with Crippen molar-refractivity contribution in [2.24, 2.45) is 0 Å². The van der Waals surface area contributed by atoms with E-state index in [0.717, 1.165) is 5.56 Å². The molecule has 1 aliphatic heterocycles. The predicted octanol–water partition coefficient (Wildman–Crippen LogP) is 3.99. The number of aromatic hydroxyl groups is 1. The first-order valence-electron chi connectivity index (χ1n) is 6.89. The molecule has 6 heteroatoms. The second kappa shape index (κ2) is 6.50. The van der Waals surface area contributed by atoms with Crippen LogP contribution in [0.1, 0.15) is 19.4 Å². The highest BCUT2D eigenvalue weighted by atomic mass is 35.5. The zero-order chi connectivity index (χ0) is 17.9. The number of benzene rings is 1. The summed E-state index contributed by atoms with van der Waals surface area (Å²) >= 11 is 5.87. The number of phenolic OH excluding ortho intramolecular Hbond substituents is 1. The van der Waals surface area contributed by atoms with E-state index in [9.17, 15) is 10.4 Å². The monoisotopic (exact) mass is 337 g/mol. The van der Waals surface area contributed by atoms with Crippen molar-refractivity contribution in [3.8, 4) is 24.0 Å². The Bertz CT molecular complexity index is 903. The molecule has 0 fully saturated rings. The van der Waals surface area contributed by atoms with Gasteiger partial charge in [-0.25, -0.2) is 0 Å². The van der Waals surface area contributed by atoms with Crippen LogP contribution in [0.3, 0.4) is 0 Å². The van der Waals surface area contributed by atoms with Gasteiger partial charge in [-0.2, -0.15) is 15.8 Å². The minimum atomic E-state index is -0.865. The molecule has 0 spiro atoms. The molecule has 0 saturated carbocycles. The maximum Gasteiger partial charge on any atom is 0.172 e. The second-order valence-electron chi connectivity index (χ2n) is 5.48. The number of phenols is 1. The molecule has 0 aliphatic carbocycles. The van der Waals surface area contributed by atoms with Gasteiger partial charge in [-0.1, -0.05) is 29.8 Å². The summed E-state index contributed by atoms with van der Waals surface area (Å²) < 4.78 is 5.66. The molecule has 0 aromatic heterocycles. The molecule has 5 nitrogen and oxygen atoms in total. The lowest BCUT2D eigenvalue weighted by Crippen LogP contribution is -2.20. The van der Waals surface area contributed by atoms with Crippen molar-refractivity contribution in [2.45, 2.75) is 19.4 Å². The van der Waals surface area contributed by atoms with Gasteiger partial charge < -0.3 is 9.84 Å². The van der Waals surface area contributed by atoms with Crippen LogP contribution in [0.25, 0.3) is 6.08 Å². The Balaban J connectivity index is 2.55. The molecule has 0 atom stereocenters. The van der Waals surface area contributed by atoms with Gasteiger partial charge in [-0.05, 0) is 31.5 Å². The first kappa shape index (κ1) is 17.2. The number of nitrogens with zero attached hydrogens (tertiary/aromatic N) is 3. The molecule has 1 heterocycles. The van der Waals surface area contributed by atoms with E-state index in [0.29, 0.717) is 5.57 Å². The van der Waals surface area contributed by atoms with Gasteiger partial charge in [0, 0.05) is 5.57 Å². The smallest absolute Gasteiger partial charge is 0.172 e. The molecule has 1 aliphatic rings. The number of rotatable bonds is 2. The topological polar surface area (TPSA) is 101 Å².